The van der Waals surface area contributed by atoms with Gasteiger partial charge in [0, 0.05) is 24.2 Å². The van der Waals surface area contributed by atoms with Gasteiger partial charge in [0.25, 0.3) is 0 Å². The standard InChI is InChI=1S/C19H20N2O5S/c1-24-15-6-8-19(18(13-15)25-2)27(22,23)21-10-11-26-16-5-7-17-14(12-16)4-3-9-20-17/h3-9,12-13,21H,10-11H2,1-2H3. The Morgan fingerprint density at radius 2 is 1.81 bits per heavy atom. The van der Waals surface area contributed by atoms with Crippen molar-refractivity contribution in [1.29, 1.82) is 0 Å². The molecule has 0 fully saturated rings. The molecule has 7 nitrogen and oxygen atoms in total. The van der Waals surface area contributed by atoms with Crippen LogP contribution in [0.25, 0.3) is 10.9 Å². The third-order valence-electron chi connectivity index (χ3n) is 3.90. The Morgan fingerprint density at radius 3 is 2.59 bits per heavy atom. The first-order valence-corrected chi connectivity index (χ1v) is 9.71. The van der Waals surface area contributed by atoms with Gasteiger partial charge in [-0.15, -0.1) is 0 Å². The van der Waals surface area contributed by atoms with E-state index in [2.05, 4.69) is 9.71 Å². The molecule has 142 valence electrons. The molecule has 1 heterocycles. The Labute approximate surface area is 158 Å². The van der Waals surface area contributed by atoms with Crippen molar-refractivity contribution in [3.63, 3.8) is 0 Å². The molecule has 0 atom stereocenters. The van der Waals surface area contributed by atoms with Crippen molar-refractivity contribution in [1.82, 2.24) is 9.71 Å². The van der Waals surface area contributed by atoms with Gasteiger partial charge in [0.2, 0.25) is 10.0 Å². The van der Waals surface area contributed by atoms with Gasteiger partial charge in [0.05, 0.1) is 19.7 Å². The zero-order valence-corrected chi connectivity index (χ0v) is 15.8. The van der Waals surface area contributed by atoms with E-state index < -0.39 is 10.0 Å². The molecule has 3 aromatic rings. The van der Waals surface area contributed by atoms with Crippen LogP contribution in [0.3, 0.4) is 0 Å². The second-order valence-electron chi connectivity index (χ2n) is 5.62. The molecule has 0 radical (unpaired) electrons. The summed E-state index contributed by atoms with van der Waals surface area (Å²) in [6, 6.07) is 13.8. The highest BCUT2D eigenvalue weighted by Crippen LogP contribution is 2.28. The summed E-state index contributed by atoms with van der Waals surface area (Å²) in [6.07, 6.45) is 1.73. The molecule has 2 aromatic carbocycles. The van der Waals surface area contributed by atoms with Crippen molar-refractivity contribution in [3.05, 3.63) is 54.7 Å². The lowest BCUT2D eigenvalue weighted by atomic mass is 10.2. The lowest BCUT2D eigenvalue weighted by Crippen LogP contribution is -2.28. The number of nitrogens with zero attached hydrogens (tertiary/aromatic N) is 1. The molecule has 0 spiro atoms. The van der Waals surface area contributed by atoms with E-state index in [0.717, 1.165) is 10.9 Å². The minimum atomic E-state index is -3.74. The van der Waals surface area contributed by atoms with Crippen molar-refractivity contribution in [2.24, 2.45) is 0 Å². The van der Waals surface area contributed by atoms with Crippen LogP contribution in [0.1, 0.15) is 0 Å². The van der Waals surface area contributed by atoms with Crippen molar-refractivity contribution in [2.75, 3.05) is 27.4 Å². The average molecular weight is 388 g/mol. The number of hydrogen-bond donors (Lipinski definition) is 1. The van der Waals surface area contributed by atoms with E-state index in [1.54, 1.807) is 18.3 Å². The maximum atomic E-state index is 12.5. The van der Waals surface area contributed by atoms with Gasteiger partial charge in [0.15, 0.2) is 0 Å². The van der Waals surface area contributed by atoms with E-state index in [0.29, 0.717) is 11.5 Å². The quantitative estimate of drug-likeness (QED) is 0.597. The monoisotopic (exact) mass is 388 g/mol. The summed E-state index contributed by atoms with van der Waals surface area (Å²) in [6.45, 7) is 0.298. The fourth-order valence-corrected chi connectivity index (χ4v) is 3.72. The van der Waals surface area contributed by atoms with Gasteiger partial charge < -0.3 is 14.2 Å². The molecule has 0 bridgehead atoms. The minimum absolute atomic E-state index is 0.0441. The minimum Gasteiger partial charge on any atom is -0.497 e. The smallest absolute Gasteiger partial charge is 0.244 e. The highest BCUT2D eigenvalue weighted by molar-refractivity contribution is 7.89. The van der Waals surface area contributed by atoms with Gasteiger partial charge in [-0.05, 0) is 36.4 Å². The van der Waals surface area contributed by atoms with Crippen molar-refractivity contribution in [2.45, 2.75) is 4.90 Å². The molecule has 0 amide bonds. The van der Waals surface area contributed by atoms with E-state index in [1.165, 1.54) is 26.4 Å². The lowest BCUT2D eigenvalue weighted by Gasteiger charge is -2.12. The predicted molar refractivity (Wildman–Crippen MR) is 102 cm³/mol. The van der Waals surface area contributed by atoms with Crippen LogP contribution in [0, 0.1) is 0 Å². The van der Waals surface area contributed by atoms with Crippen LogP contribution in [0.15, 0.2) is 59.6 Å². The molecule has 3 rings (SSSR count). The topological polar surface area (TPSA) is 86.8 Å². The SMILES string of the molecule is COc1ccc(S(=O)(=O)NCCOc2ccc3ncccc3c2)c(OC)c1. The fourth-order valence-electron chi connectivity index (χ4n) is 2.56. The van der Waals surface area contributed by atoms with Gasteiger partial charge >= 0.3 is 0 Å². The van der Waals surface area contributed by atoms with E-state index in [1.807, 2.05) is 24.3 Å². The van der Waals surface area contributed by atoms with E-state index in [9.17, 15) is 8.42 Å². The lowest BCUT2D eigenvalue weighted by molar-refractivity contribution is 0.323. The summed E-state index contributed by atoms with van der Waals surface area (Å²) in [5, 5.41) is 0.957. The number of aromatic nitrogens is 1. The maximum absolute atomic E-state index is 12.5. The first kappa shape index (κ1) is 18.9. The molecule has 0 aliphatic carbocycles. The van der Waals surface area contributed by atoms with Crippen LogP contribution in [-0.2, 0) is 10.0 Å². The van der Waals surface area contributed by atoms with Gasteiger partial charge in [-0.1, -0.05) is 6.07 Å². The van der Waals surface area contributed by atoms with Crippen LogP contribution >= 0.6 is 0 Å². The summed E-state index contributed by atoms with van der Waals surface area (Å²) >= 11 is 0. The Bertz CT molecular complexity index is 1040. The zero-order valence-electron chi connectivity index (χ0n) is 15.0. The van der Waals surface area contributed by atoms with Crippen molar-refractivity contribution < 1.29 is 22.6 Å². The summed E-state index contributed by atoms with van der Waals surface area (Å²) in [5.41, 5.74) is 0.872. The van der Waals surface area contributed by atoms with Crippen LogP contribution in [0.2, 0.25) is 0 Å². The number of benzene rings is 2. The molecule has 0 saturated carbocycles. The third-order valence-corrected chi connectivity index (χ3v) is 5.40. The number of fused-ring (bicyclic) bond motifs is 1. The number of ether oxygens (including phenoxy) is 3. The second kappa shape index (κ2) is 8.24. The summed E-state index contributed by atoms with van der Waals surface area (Å²) in [5.74, 6) is 1.38. The number of nitrogens with one attached hydrogen (secondary N) is 1. The fraction of sp³-hybridized carbons (Fsp3) is 0.211. The number of hydrogen-bond acceptors (Lipinski definition) is 6. The first-order valence-electron chi connectivity index (χ1n) is 8.23. The zero-order chi connectivity index (χ0) is 19.3. The van der Waals surface area contributed by atoms with Crippen LogP contribution in [-0.4, -0.2) is 40.8 Å². The Kier molecular flexibility index (Phi) is 5.78. The van der Waals surface area contributed by atoms with Crippen LogP contribution < -0.4 is 18.9 Å². The van der Waals surface area contributed by atoms with Crippen LogP contribution in [0.4, 0.5) is 0 Å². The molecule has 0 unspecified atom stereocenters. The number of rotatable bonds is 8. The molecule has 0 saturated heterocycles. The molecule has 0 aliphatic heterocycles. The summed E-state index contributed by atoms with van der Waals surface area (Å²) < 4.78 is 43.4. The summed E-state index contributed by atoms with van der Waals surface area (Å²) in [7, 11) is -0.828. The second-order valence-corrected chi connectivity index (χ2v) is 7.36. The number of sulfonamides is 1. The molecule has 8 heteroatoms. The molecule has 27 heavy (non-hydrogen) atoms. The average Bonchev–Trinajstić information content (AvgIpc) is 2.70. The number of methoxy groups -OCH3 is 2. The third kappa shape index (κ3) is 4.47. The largest absolute Gasteiger partial charge is 0.497 e. The molecule has 0 aliphatic rings. The highest BCUT2D eigenvalue weighted by atomic mass is 32.2. The van der Waals surface area contributed by atoms with E-state index in [4.69, 9.17) is 14.2 Å². The predicted octanol–water partition coefficient (Wildman–Crippen LogP) is 2.61. The van der Waals surface area contributed by atoms with Crippen molar-refractivity contribution >= 4 is 20.9 Å². The van der Waals surface area contributed by atoms with Gasteiger partial charge in [-0.25, -0.2) is 13.1 Å². The maximum Gasteiger partial charge on any atom is 0.244 e. The van der Waals surface area contributed by atoms with Gasteiger partial charge in [-0.2, -0.15) is 0 Å². The number of pyridine rings is 1. The summed E-state index contributed by atoms with van der Waals surface area (Å²) in [4.78, 5) is 4.29. The first-order chi connectivity index (χ1) is 13.0. The Balaban J connectivity index is 1.62. The normalized spacial score (nSPS) is 11.3. The van der Waals surface area contributed by atoms with E-state index in [-0.39, 0.29) is 23.8 Å². The van der Waals surface area contributed by atoms with Crippen LogP contribution in [0.5, 0.6) is 17.2 Å². The van der Waals surface area contributed by atoms with Gasteiger partial charge in [0.1, 0.15) is 28.8 Å². The Morgan fingerprint density at radius 1 is 1.00 bits per heavy atom. The molecular weight excluding hydrogens is 368 g/mol. The molecular formula is C19H20N2O5S. The van der Waals surface area contributed by atoms with E-state index >= 15 is 0 Å². The highest BCUT2D eigenvalue weighted by Gasteiger charge is 2.19. The van der Waals surface area contributed by atoms with Crippen molar-refractivity contribution in [3.8, 4) is 17.2 Å². The molecule has 1 N–H and O–H groups in total. The van der Waals surface area contributed by atoms with Gasteiger partial charge in [-0.3, -0.25) is 4.98 Å². The Hall–Kier alpha value is -2.84. The molecule has 1 aromatic heterocycles.